The summed E-state index contributed by atoms with van der Waals surface area (Å²) in [5, 5.41) is 15.3. The number of aldehydes is 1. The molecule has 0 bridgehead atoms. The Hall–Kier alpha value is -1.46. The minimum Gasteiger partial charge on any atom is -0.310 e. The molecule has 6 heteroatoms. The van der Waals surface area contributed by atoms with E-state index in [1.807, 2.05) is 24.3 Å². The predicted octanol–water partition coefficient (Wildman–Crippen LogP) is 2.97. The zero-order valence-electron chi connectivity index (χ0n) is 12.6. The lowest BCUT2D eigenvalue weighted by molar-refractivity contribution is -0.530. The van der Waals surface area contributed by atoms with E-state index in [0.29, 0.717) is 5.02 Å². The van der Waals surface area contributed by atoms with Crippen LogP contribution < -0.4 is 5.32 Å². The van der Waals surface area contributed by atoms with Gasteiger partial charge in [-0.2, -0.15) is 0 Å². The normalized spacial score (nSPS) is 19.0. The van der Waals surface area contributed by atoms with Crippen LogP contribution in [0.3, 0.4) is 0 Å². The van der Waals surface area contributed by atoms with Crippen molar-refractivity contribution in [2.45, 2.75) is 49.6 Å². The average molecular weight is 325 g/mol. The highest BCUT2D eigenvalue weighted by Gasteiger charge is 2.51. The van der Waals surface area contributed by atoms with Crippen molar-refractivity contribution in [1.82, 2.24) is 5.32 Å². The van der Waals surface area contributed by atoms with E-state index in [0.717, 1.165) is 31.1 Å². The smallest absolute Gasteiger partial charge is 0.229 e. The van der Waals surface area contributed by atoms with Gasteiger partial charge in [0, 0.05) is 28.2 Å². The molecule has 0 aromatic heterocycles. The van der Waals surface area contributed by atoms with Crippen molar-refractivity contribution in [2.75, 3.05) is 7.05 Å². The Kier molecular flexibility index (Phi) is 5.53. The first kappa shape index (κ1) is 16.9. The van der Waals surface area contributed by atoms with Gasteiger partial charge in [-0.25, -0.2) is 0 Å². The Bertz CT molecular complexity index is 529. The van der Waals surface area contributed by atoms with Crippen LogP contribution in [0.2, 0.25) is 5.02 Å². The standard InChI is InChI=1S/C16H21ClN2O3/c1-18-15(14(19(21)22)4-2-11-20)16(9-3-10-16)12-5-7-13(17)8-6-12/h5-8,11,14-15,18H,2-4,9-10H2,1H3. The fraction of sp³-hybridized carbons (Fsp3) is 0.562. The van der Waals surface area contributed by atoms with E-state index in [1.165, 1.54) is 0 Å². The number of nitrogens with one attached hydrogen (secondary N) is 1. The third-order valence-corrected chi connectivity index (χ3v) is 5.06. The van der Waals surface area contributed by atoms with Crippen LogP contribution in [0.4, 0.5) is 0 Å². The molecule has 0 heterocycles. The van der Waals surface area contributed by atoms with Gasteiger partial charge in [0.25, 0.3) is 0 Å². The van der Waals surface area contributed by atoms with Crippen LogP contribution in [0.1, 0.15) is 37.7 Å². The molecular formula is C16H21ClN2O3. The van der Waals surface area contributed by atoms with E-state index in [1.54, 1.807) is 7.05 Å². The second-order valence-corrected chi connectivity index (χ2v) is 6.32. The summed E-state index contributed by atoms with van der Waals surface area (Å²) < 4.78 is 0. The van der Waals surface area contributed by atoms with Gasteiger partial charge in [-0.1, -0.05) is 30.2 Å². The lowest BCUT2D eigenvalue weighted by atomic mass is 9.58. The summed E-state index contributed by atoms with van der Waals surface area (Å²) in [6.45, 7) is 0. The molecule has 120 valence electrons. The SMILES string of the molecule is CNC(C(CCC=O)[N+](=O)[O-])C1(c2ccc(Cl)cc2)CCC1. The Labute approximate surface area is 135 Å². The molecule has 1 aromatic rings. The molecule has 5 nitrogen and oxygen atoms in total. The lowest BCUT2D eigenvalue weighted by Gasteiger charge is -2.48. The molecule has 0 amide bonds. The molecule has 1 aliphatic rings. The monoisotopic (exact) mass is 324 g/mol. The first-order valence-corrected chi connectivity index (χ1v) is 7.93. The zero-order valence-corrected chi connectivity index (χ0v) is 13.4. The maximum atomic E-state index is 11.5. The molecule has 0 aliphatic heterocycles. The third kappa shape index (κ3) is 3.15. The second kappa shape index (κ2) is 7.20. The summed E-state index contributed by atoms with van der Waals surface area (Å²) in [5.74, 6) is 0. The van der Waals surface area contributed by atoms with Crippen LogP contribution in [-0.4, -0.2) is 30.3 Å². The lowest BCUT2D eigenvalue weighted by Crippen LogP contribution is -2.59. The van der Waals surface area contributed by atoms with Gasteiger partial charge in [-0.3, -0.25) is 10.1 Å². The Morgan fingerprint density at radius 3 is 2.45 bits per heavy atom. The van der Waals surface area contributed by atoms with Crippen LogP contribution in [-0.2, 0) is 10.2 Å². The number of carbonyl (C=O) groups excluding carboxylic acids is 1. The summed E-state index contributed by atoms with van der Waals surface area (Å²) in [5.41, 5.74) is 0.834. The maximum Gasteiger partial charge on any atom is 0.229 e. The molecule has 0 saturated heterocycles. The Morgan fingerprint density at radius 2 is 2.05 bits per heavy atom. The van der Waals surface area contributed by atoms with Crippen molar-refractivity contribution in [2.24, 2.45) is 0 Å². The summed E-state index contributed by atoms with van der Waals surface area (Å²) in [6.07, 6.45) is 4.09. The maximum absolute atomic E-state index is 11.5. The van der Waals surface area contributed by atoms with Crippen LogP contribution in [0.5, 0.6) is 0 Å². The van der Waals surface area contributed by atoms with Gasteiger partial charge < -0.3 is 10.1 Å². The van der Waals surface area contributed by atoms with Gasteiger partial charge in [0.15, 0.2) is 0 Å². The molecule has 0 radical (unpaired) electrons. The largest absolute Gasteiger partial charge is 0.310 e. The Balaban J connectivity index is 2.34. The number of benzene rings is 1. The second-order valence-electron chi connectivity index (χ2n) is 5.88. The molecule has 1 aromatic carbocycles. The molecule has 0 spiro atoms. The molecule has 2 rings (SSSR count). The average Bonchev–Trinajstić information content (AvgIpc) is 2.45. The zero-order chi connectivity index (χ0) is 16.2. The fourth-order valence-corrected chi connectivity index (χ4v) is 3.71. The van der Waals surface area contributed by atoms with Crippen LogP contribution in [0.15, 0.2) is 24.3 Å². The van der Waals surface area contributed by atoms with Gasteiger partial charge in [-0.05, 0) is 37.6 Å². The van der Waals surface area contributed by atoms with Gasteiger partial charge in [0.05, 0.1) is 6.04 Å². The minimum atomic E-state index is -0.772. The number of nitro groups is 1. The number of halogens is 1. The van der Waals surface area contributed by atoms with Crippen molar-refractivity contribution in [3.05, 3.63) is 45.0 Å². The summed E-state index contributed by atoms with van der Waals surface area (Å²) in [4.78, 5) is 21.9. The van der Waals surface area contributed by atoms with Crippen LogP contribution in [0.25, 0.3) is 0 Å². The van der Waals surface area contributed by atoms with E-state index in [-0.39, 0.29) is 29.2 Å². The number of likely N-dealkylation sites (N-methyl/N-ethyl adjacent to an activating group) is 1. The number of hydrogen-bond donors (Lipinski definition) is 1. The van der Waals surface area contributed by atoms with E-state index in [4.69, 9.17) is 11.6 Å². The molecule has 22 heavy (non-hydrogen) atoms. The Morgan fingerprint density at radius 1 is 1.41 bits per heavy atom. The number of hydrogen-bond acceptors (Lipinski definition) is 4. The van der Waals surface area contributed by atoms with Crippen molar-refractivity contribution < 1.29 is 9.72 Å². The van der Waals surface area contributed by atoms with E-state index in [9.17, 15) is 14.9 Å². The van der Waals surface area contributed by atoms with E-state index in [2.05, 4.69) is 5.32 Å². The van der Waals surface area contributed by atoms with Crippen LogP contribution >= 0.6 is 11.6 Å². The number of rotatable bonds is 8. The third-order valence-electron chi connectivity index (χ3n) is 4.81. The predicted molar refractivity (Wildman–Crippen MR) is 85.9 cm³/mol. The topological polar surface area (TPSA) is 72.2 Å². The van der Waals surface area contributed by atoms with Crippen molar-refractivity contribution in [3.8, 4) is 0 Å². The first-order valence-electron chi connectivity index (χ1n) is 7.55. The summed E-state index contributed by atoms with van der Waals surface area (Å²) in [6, 6.07) is 6.51. The fourth-order valence-electron chi connectivity index (χ4n) is 3.59. The van der Waals surface area contributed by atoms with Crippen LogP contribution in [0, 0.1) is 10.1 Å². The molecule has 2 unspecified atom stereocenters. The molecular weight excluding hydrogens is 304 g/mol. The van der Waals surface area contributed by atoms with E-state index < -0.39 is 6.04 Å². The molecule has 1 saturated carbocycles. The molecule has 1 N–H and O–H groups in total. The first-order chi connectivity index (χ1) is 10.5. The van der Waals surface area contributed by atoms with E-state index >= 15 is 0 Å². The van der Waals surface area contributed by atoms with Gasteiger partial charge in [0.2, 0.25) is 6.04 Å². The minimum absolute atomic E-state index is 0.209. The number of nitrogens with zero attached hydrogens (tertiary/aromatic N) is 1. The highest BCUT2D eigenvalue weighted by Crippen LogP contribution is 2.48. The quantitative estimate of drug-likeness (QED) is 0.453. The van der Waals surface area contributed by atoms with Gasteiger partial charge in [-0.15, -0.1) is 0 Å². The summed E-state index contributed by atoms with van der Waals surface area (Å²) in [7, 11) is 1.76. The van der Waals surface area contributed by atoms with Gasteiger partial charge in [0.1, 0.15) is 6.29 Å². The van der Waals surface area contributed by atoms with Crippen molar-refractivity contribution in [1.29, 1.82) is 0 Å². The molecule has 1 aliphatic carbocycles. The van der Waals surface area contributed by atoms with Crippen molar-refractivity contribution >= 4 is 17.9 Å². The number of carbonyl (C=O) groups is 1. The molecule has 2 atom stereocenters. The van der Waals surface area contributed by atoms with Crippen molar-refractivity contribution in [3.63, 3.8) is 0 Å². The van der Waals surface area contributed by atoms with Gasteiger partial charge >= 0.3 is 0 Å². The highest BCUT2D eigenvalue weighted by atomic mass is 35.5. The molecule has 1 fully saturated rings. The highest BCUT2D eigenvalue weighted by molar-refractivity contribution is 6.30. The summed E-state index contributed by atoms with van der Waals surface area (Å²) >= 11 is 5.96.